The number of carbonyl (C=O) groups is 4. The highest BCUT2D eigenvalue weighted by molar-refractivity contribution is 6.40. The lowest BCUT2D eigenvalue weighted by Crippen LogP contribution is -2.50. The number of carboxylic acid groups (broad SMARTS) is 1. The third kappa shape index (κ3) is 22.1. The zero-order chi connectivity index (χ0) is 58.8. The summed E-state index contributed by atoms with van der Waals surface area (Å²) in [6, 6.07) is 50.1. The van der Waals surface area contributed by atoms with Crippen molar-refractivity contribution in [3.8, 4) is 0 Å². The minimum atomic E-state index is -1.05. The molecule has 0 saturated carbocycles. The van der Waals surface area contributed by atoms with Gasteiger partial charge in [-0.2, -0.15) is 0 Å². The number of carbonyl (C=O) groups excluding carboxylic acids is 3. The summed E-state index contributed by atoms with van der Waals surface area (Å²) in [5.74, 6) is -1.48. The number of halogens is 3. The van der Waals surface area contributed by atoms with Crippen molar-refractivity contribution < 1.29 is 33.8 Å². The number of nitrogens with two attached hydrogens (primary N) is 1. The van der Waals surface area contributed by atoms with E-state index in [9.17, 15) is 19.2 Å². The Morgan fingerprint density at radius 1 is 0.585 bits per heavy atom. The Morgan fingerprint density at radius 3 is 1.34 bits per heavy atom. The maximum absolute atomic E-state index is 13.1. The monoisotopic (exact) mass is 1180 g/mol. The van der Waals surface area contributed by atoms with Crippen LogP contribution in [0.5, 0.6) is 0 Å². The molecule has 2 aromatic heterocycles. The first kappa shape index (κ1) is 68.8. The van der Waals surface area contributed by atoms with Crippen LogP contribution in [0, 0.1) is 11.8 Å². The molecule has 0 bridgehead atoms. The number of alkyl carbamates (subject to hydrolysis) is 2. The standard InChI is InChI=1S/C27H29N3O3.C14H19NO4.C13H12N2.C8H17N3.CH2Cl2.ClH/c1-3-19(2)25(29-27(32)33-17-20-11-5-4-6-12-20)26(31)28-18-30-23-15-9-7-13-21(23)22-14-8-10-16-24(22)30;1-3-10(2)12(13(16)17)15-14(18)19-9-11-7-5-4-6-8-11;14-9-15-12-7-3-1-5-10(12)11-6-2-4-8-13(11)15;1-2-3-4-5-6-7-8-10-11-9;2-1-3;/h4-16,19,25H,3,17-18H2,1-2H3,(H,28,31)(H,29,32);4-8,10,12H,3,9H2,1-2H3,(H,15,18)(H,16,17);1-8H,9,14H2;2-8H2,1H3;1H2;1H/t19?,25-;10?,12-;;;;/m00..../s1. The molecule has 82 heavy (non-hydrogen) atoms. The summed E-state index contributed by atoms with van der Waals surface area (Å²) in [7, 11) is 0. The predicted octanol–water partition coefficient (Wildman–Crippen LogP) is 15.8. The van der Waals surface area contributed by atoms with Crippen LogP contribution in [-0.4, -0.2) is 62.3 Å². The number of amides is 3. The van der Waals surface area contributed by atoms with Crippen LogP contribution in [0.25, 0.3) is 54.1 Å². The number of azide groups is 1. The molecule has 0 spiro atoms. The molecule has 0 fully saturated rings. The van der Waals surface area contributed by atoms with Gasteiger partial charge in [-0.3, -0.25) is 4.79 Å². The smallest absolute Gasteiger partial charge is 0.408 e. The van der Waals surface area contributed by atoms with Crippen molar-refractivity contribution in [2.45, 2.75) is 125 Å². The Labute approximate surface area is 498 Å². The molecular formula is C63H80Cl3N9O7. The highest BCUT2D eigenvalue weighted by Gasteiger charge is 2.28. The van der Waals surface area contributed by atoms with Gasteiger partial charge in [0.15, 0.2) is 0 Å². The number of nitrogens with one attached hydrogen (secondary N) is 3. The van der Waals surface area contributed by atoms with Crippen molar-refractivity contribution in [2.75, 3.05) is 11.9 Å². The summed E-state index contributed by atoms with van der Waals surface area (Å²) in [5, 5.41) is 25.7. The largest absolute Gasteiger partial charge is 0.480 e. The second kappa shape index (κ2) is 39.1. The zero-order valence-electron chi connectivity index (χ0n) is 47.6. The van der Waals surface area contributed by atoms with E-state index in [2.05, 4.69) is 90.6 Å². The number of fused-ring (bicyclic) bond motifs is 6. The number of aliphatic carboxylic acids is 1. The van der Waals surface area contributed by atoms with E-state index in [1.807, 2.05) is 130 Å². The first-order chi connectivity index (χ1) is 39.4. The molecule has 3 amide bonds. The van der Waals surface area contributed by atoms with Crippen LogP contribution in [0.2, 0.25) is 0 Å². The Morgan fingerprint density at radius 2 is 0.951 bits per heavy atom. The fourth-order valence-corrected chi connectivity index (χ4v) is 8.82. The lowest BCUT2D eigenvalue weighted by molar-refractivity contribution is -0.140. The fraction of sp³-hybridized carbons (Fsp3) is 0.365. The van der Waals surface area contributed by atoms with E-state index in [0.717, 1.165) is 45.8 Å². The van der Waals surface area contributed by atoms with E-state index >= 15 is 0 Å². The average Bonchev–Trinajstić information content (AvgIpc) is 4.25. The van der Waals surface area contributed by atoms with E-state index < -0.39 is 30.2 Å². The number of hydrogen-bond donors (Lipinski definition) is 5. The van der Waals surface area contributed by atoms with Gasteiger partial charge in [0.2, 0.25) is 5.91 Å². The Kier molecular flexibility index (Phi) is 32.8. The third-order valence-electron chi connectivity index (χ3n) is 13.6. The second-order valence-electron chi connectivity index (χ2n) is 19.1. The number of rotatable bonds is 22. The van der Waals surface area contributed by atoms with Crippen molar-refractivity contribution in [2.24, 2.45) is 22.7 Å². The van der Waals surface area contributed by atoms with Gasteiger partial charge in [-0.15, -0.1) is 35.6 Å². The molecule has 19 heteroatoms. The molecular weight excluding hydrogens is 1100 g/mol. The van der Waals surface area contributed by atoms with Crippen LogP contribution in [0.15, 0.2) is 163 Å². The van der Waals surface area contributed by atoms with Crippen molar-refractivity contribution >= 4 is 103 Å². The molecule has 0 aliphatic heterocycles. The number of benzene rings is 6. The maximum atomic E-state index is 13.1. The minimum absolute atomic E-state index is 0. The second-order valence-corrected chi connectivity index (χ2v) is 19.9. The molecule has 2 heterocycles. The number of carboxylic acids is 1. The topological polar surface area (TPSA) is 228 Å². The third-order valence-corrected chi connectivity index (χ3v) is 13.6. The molecule has 6 N–H and O–H groups in total. The highest BCUT2D eigenvalue weighted by Crippen LogP contribution is 2.29. The zero-order valence-corrected chi connectivity index (χ0v) is 49.9. The van der Waals surface area contributed by atoms with Gasteiger partial charge >= 0.3 is 18.2 Å². The molecule has 2 unspecified atom stereocenters. The number of unbranched alkanes of at least 4 members (excludes halogenated alkanes) is 5. The lowest BCUT2D eigenvalue weighted by Gasteiger charge is -2.23. The van der Waals surface area contributed by atoms with Gasteiger partial charge in [0.05, 0.1) is 40.7 Å². The molecule has 16 nitrogen and oxygen atoms in total. The summed E-state index contributed by atoms with van der Waals surface area (Å²) >= 11 is 9.53. The normalized spacial score (nSPS) is 11.8. The van der Waals surface area contributed by atoms with E-state index in [4.69, 9.17) is 49.0 Å². The summed E-state index contributed by atoms with van der Waals surface area (Å²) < 4.78 is 14.6. The van der Waals surface area contributed by atoms with Gasteiger partial charge in [-0.25, -0.2) is 14.4 Å². The lowest BCUT2D eigenvalue weighted by atomic mass is 9.98. The highest BCUT2D eigenvalue weighted by atomic mass is 35.5. The van der Waals surface area contributed by atoms with E-state index in [1.165, 1.54) is 53.9 Å². The van der Waals surface area contributed by atoms with E-state index in [-0.39, 0.29) is 48.7 Å². The van der Waals surface area contributed by atoms with Crippen molar-refractivity contribution in [3.05, 3.63) is 179 Å². The van der Waals surface area contributed by atoms with Crippen LogP contribution >= 0.6 is 35.6 Å². The first-order valence-corrected chi connectivity index (χ1v) is 28.6. The first-order valence-electron chi connectivity index (χ1n) is 27.6. The van der Waals surface area contributed by atoms with Crippen LogP contribution in [-0.2, 0) is 45.6 Å². The van der Waals surface area contributed by atoms with Gasteiger partial charge in [-0.05, 0) is 59.2 Å². The molecule has 8 rings (SSSR count). The van der Waals surface area contributed by atoms with Crippen LogP contribution in [0.1, 0.15) is 97.1 Å². The molecule has 440 valence electrons. The molecule has 8 aromatic rings. The molecule has 0 aliphatic carbocycles. The van der Waals surface area contributed by atoms with Gasteiger partial charge in [0.1, 0.15) is 25.3 Å². The Bertz CT molecular complexity index is 3090. The number of para-hydroxylation sites is 4. The minimum Gasteiger partial charge on any atom is -0.480 e. The van der Waals surface area contributed by atoms with Crippen LogP contribution in [0.4, 0.5) is 9.59 Å². The molecule has 4 atom stereocenters. The Hall–Kier alpha value is -7.46. The fourth-order valence-electron chi connectivity index (χ4n) is 8.82. The number of aromatic nitrogens is 2. The number of hydrogen-bond acceptors (Lipinski definition) is 8. The summed E-state index contributed by atoms with van der Waals surface area (Å²) in [5.41, 5.74) is 20.0. The Balaban J connectivity index is 0.000000306. The SMILES string of the molecule is CCC(C)[C@H](NC(=O)OCc1ccccc1)C(=O)NCn1c2ccccc2c2ccccc21.CCC(C)[C@H](NC(=O)OCc1ccccc1)C(=O)O.CCCCCCCCN=[N+]=[N-].Cl.ClCCl.NCn1c2ccccc2c2ccccc21. The quantitative estimate of drug-likeness (QED) is 0.0144. The van der Waals surface area contributed by atoms with E-state index in [1.54, 1.807) is 6.92 Å². The van der Waals surface area contributed by atoms with Crippen molar-refractivity contribution in [3.63, 3.8) is 0 Å². The van der Waals surface area contributed by atoms with Gasteiger partial charge < -0.3 is 45.4 Å². The molecule has 0 saturated heterocycles. The van der Waals surface area contributed by atoms with Crippen LogP contribution in [0.3, 0.4) is 0 Å². The predicted molar refractivity (Wildman–Crippen MR) is 336 cm³/mol. The number of ether oxygens (including phenoxy) is 2. The molecule has 0 aliphatic rings. The van der Waals surface area contributed by atoms with Crippen LogP contribution < -0.4 is 21.7 Å². The summed E-state index contributed by atoms with van der Waals surface area (Å²) in [4.78, 5) is 50.8. The number of nitrogens with zero attached hydrogens (tertiary/aromatic N) is 5. The van der Waals surface area contributed by atoms with Crippen molar-refractivity contribution in [1.82, 2.24) is 25.1 Å². The average molecular weight is 1180 g/mol. The van der Waals surface area contributed by atoms with Crippen molar-refractivity contribution in [1.29, 1.82) is 0 Å². The molecule has 0 radical (unpaired) electrons. The van der Waals surface area contributed by atoms with Gasteiger partial charge in [0, 0.05) is 33.0 Å². The van der Waals surface area contributed by atoms with Gasteiger partial charge in [-0.1, -0.05) is 218 Å². The maximum Gasteiger partial charge on any atom is 0.408 e. The summed E-state index contributed by atoms with van der Waals surface area (Å²) in [6.45, 7) is 11.6. The summed E-state index contributed by atoms with van der Waals surface area (Å²) in [6.07, 6.45) is 7.59. The number of alkyl halides is 2. The van der Waals surface area contributed by atoms with E-state index in [0.29, 0.717) is 26.3 Å². The van der Waals surface area contributed by atoms with Gasteiger partial charge in [0.25, 0.3) is 0 Å². The molecule has 6 aromatic carbocycles.